The minimum Gasteiger partial charge on any atom is -0.480 e. The van der Waals surface area contributed by atoms with E-state index in [1.807, 2.05) is 13.2 Å². The number of nitrogens with zero attached hydrogens (tertiary/aromatic N) is 1. The van der Waals surface area contributed by atoms with Gasteiger partial charge in [-0.3, -0.25) is 4.79 Å². The number of thioether (sulfide) groups is 1. The maximum absolute atomic E-state index is 11.6. The SMILES string of the molecule is CSCC(C)C(=O)N(C)C(C)C(=O)O. The van der Waals surface area contributed by atoms with E-state index in [0.717, 1.165) is 5.75 Å². The molecule has 14 heavy (non-hydrogen) atoms. The van der Waals surface area contributed by atoms with Gasteiger partial charge < -0.3 is 10.0 Å². The molecule has 0 rings (SSSR count). The highest BCUT2D eigenvalue weighted by atomic mass is 32.2. The number of carbonyl (C=O) groups excluding carboxylic acids is 1. The summed E-state index contributed by atoms with van der Waals surface area (Å²) in [6.45, 7) is 3.32. The average Bonchev–Trinajstić information content (AvgIpc) is 2.14. The van der Waals surface area contributed by atoms with E-state index in [-0.39, 0.29) is 11.8 Å². The summed E-state index contributed by atoms with van der Waals surface area (Å²) < 4.78 is 0. The zero-order valence-electron chi connectivity index (χ0n) is 8.98. The first-order chi connectivity index (χ1) is 6.41. The number of carboxylic acid groups (broad SMARTS) is 1. The van der Waals surface area contributed by atoms with Gasteiger partial charge in [0.15, 0.2) is 0 Å². The van der Waals surface area contributed by atoms with Crippen LogP contribution < -0.4 is 0 Å². The molecule has 0 aromatic rings. The van der Waals surface area contributed by atoms with Gasteiger partial charge in [0.2, 0.25) is 5.91 Å². The molecule has 2 atom stereocenters. The molecule has 0 saturated carbocycles. The molecule has 2 unspecified atom stereocenters. The van der Waals surface area contributed by atoms with E-state index < -0.39 is 12.0 Å². The first kappa shape index (κ1) is 13.3. The molecule has 4 nitrogen and oxygen atoms in total. The topological polar surface area (TPSA) is 57.6 Å². The van der Waals surface area contributed by atoms with E-state index in [4.69, 9.17) is 5.11 Å². The Morgan fingerprint density at radius 1 is 1.43 bits per heavy atom. The first-order valence-electron chi connectivity index (χ1n) is 4.40. The van der Waals surface area contributed by atoms with Crippen molar-refractivity contribution in [2.75, 3.05) is 19.1 Å². The van der Waals surface area contributed by atoms with Gasteiger partial charge in [-0.15, -0.1) is 0 Å². The van der Waals surface area contributed by atoms with E-state index in [1.54, 1.807) is 11.8 Å². The zero-order chi connectivity index (χ0) is 11.3. The normalized spacial score (nSPS) is 14.6. The molecule has 82 valence electrons. The summed E-state index contributed by atoms with van der Waals surface area (Å²) in [7, 11) is 1.53. The number of hydrogen-bond donors (Lipinski definition) is 1. The van der Waals surface area contributed by atoms with Crippen molar-refractivity contribution in [2.45, 2.75) is 19.9 Å². The molecule has 0 aliphatic carbocycles. The molecule has 0 aromatic heterocycles. The second-order valence-corrected chi connectivity index (χ2v) is 4.23. The second-order valence-electron chi connectivity index (χ2n) is 3.32. The van der Waals surface area contributed by atoms with E-state index in [1.165, 1.54) is 18.9 Å². The average molecular weight is 219 g/mol. The smallest absolute Gasteiger partial charge is 0.326 e. The lowest BCUT2D eigenvalue weighted by molar-refractivity contribution is -0.149. The predicted octanol–water partition coefficient (Wildman–Crippen LogP) is 0.917. The van der Waals surface area contributed by atoms with Crippen LogP contribution >= 0.6 is 11.8 Å². The van der Waals surface area contributed by atoms with Gasteiger partial charge in [-0.1, -0.05) is 6.92 Å². The van der Waals surface area contributed by atoms with Gasteiger partial charge in [0.05, 0.1) is 0 Å². The van der Waals surface area contributed by atoms with Gasteiger partial charge >= 0.3 is 5.97 Å². The monoisotopic (exact) mass is 219 g/mol. The highest BCUT2D eigenvalue weighted by Gasteiger charge is 2.24. The number of carboxylic acids is 1. The predicted molar refractivity (Wildman–Crippen MR) is 57.4 cm³/mol. The number of aliphatic carboxylic acids is 1. The molecule has 0 radical (unpaired) electrons. The van der Waals surface area contributed by atoms with E-state index >= 15 is 0 Å². The van der Waals surface area contributed by atoms with Crippen LogP contribution in [0.2, 0.25) is 0 Å². The fourth-order valence-electron chi connectivity index (χ4n) is 1.03. The summed E-state index contributed by atoms with van der Waals surface area (Å²) in [5.74, 6) is -0.501. The molecule has 0 bridgehead atoms. The first-order valence-corrected chi connectivity index (χ1v) is 5.79. The third kappa shape index (κ3) is 3.57. The van der Waals surface area contributed by atoms with Crippen LogP contribution in [0.15, 0.2) is 0 Å². The van der Waals surface area contributed by atoms with Crippen LogP contribution in [0.3, 0.4) is 0 Å². The summed E-state index contributed by atoms with van der Waals surface area (Å²) in [6, 6.07) is -0.758. The van der Waals surface area contributed by atoms with Crippen molar-refractivity contribution in [3.05, 3.63) is 0 Å². The van der Waals surface area contributed by atoms with Gasteiger partial charge in [-0.05, 0) is 13.2 Å². The van der Waals surface area contributed by atoms with Crippen LogP contribution in [0.1, 0.15) is 13.8 Å². The molecule has 0 saturated heterocycles. The van der Waals surface area contributed by atoms with Gasteiger partial charge in [0.25, 0.3) is 0 Å². The van der Waals surface area contributed by atoms with Crippen LogP contribution in [0.25, 0.3) is 0 Å². The van der Waals surface area contributed by atoms with Crippen LogP contribution in [-0.4, -0.2) is 47.0 Å². The third-order valence-electron chi connectivity index (χ3n) is 2.12. The van der Waals surface area contributed by atoms with E-state index in [2.05, 4.69) is 0 Å². The lowest BCUT2D eigenvalue weighted by atomic mass is 10.1. The molecule has 0 aliphatic rings. The number of amides is 1. The number of carbonyl (C=O) groups is 2. The summed E-state index contributed by atoms with van der Waals surface area (Å²) in [4.78, 5) is 23.5. The Balaban J connectivity index is 4.30. The second kappa shape index (κ2) is 5.90. The van der Waals surface area contributed by atoms with Crippen molar-refractivity contribution >= 4 is 23.6 Å². The minimum atomic E-state index is -0.975. The number of rotatable bonds is 5. The Morgan fingerprint density at radius 3 is 2.29 bits per heavy atom. The van der Waals surface area contributed by atoms with Crippen molar-refractivity contribution in [2.24, 2.45) is 5.92 Å². The standard InChI is InChI=1S/C9H17NO3S/c1-6(5-14-4)8(11)10(3)7(2)9(12)13/h6-7H,5H2,1-4H3,(H,12,13). The molecular weight excluding hydrogens is 202 g/mol. The largest absolute Gasteiger partial charge is 0.480 e. The Bertz CT molecular complexity index is 220. The Kier molecular flexibility index (Phi) is 5.60. The quantitative estimate of drug-likeness (QED) is 0.747. The molecule has 0 aromatic carbocycles. The number of hydrogen-bond acceptors (Lipinski definition) is 3. The van der Waals surface area contributed by atoms with Gasteiger partial charge in [0, 0.05) is 18.7 Å². The Labute approximate surface area is 88.7 Å². The van der Waals surface area contributed by atoms with E-state index in [0.29, 0.717) is 0 Å². The highest BCUT2D eigenvalue weighted by Crippen LogP contribution is 2.09. The molecular formula is C9H17NO3S. The van der Waals surface area contributed by atoms with Crippen molar-refractivity contribution in [1.29, 1.82) is 0 Å². The number of likely N-dealkylation sites (N-methyl/N-ethyl adjacent to an activating group) is 1. The molecule has 1 amide bonds. The van der Waals surface area contributed by atoms with Crippen LogP contribution in [0.4, 0.5) is 0 Å². The molecule has 0 fully saturated rings. The van der Waals surface area contributed by atoms with Crippen molar-refractivity contribution in [3.8, 4) is 0 Å². The summed E-state index contributed by atoms with van der Waals surface area (Å²) >= 11 is 1.58. The van der Waals surface area contributed by atoms with Crippen LogP contribution in [0, 0.1) is 5.92 Å². The summed E-state index contributed by atoms with van der Waals surface area (Å²) in [5, 5.41) is 8.71. The van der Waals surface area contributed by atoms with Crippen molar-refractivity contribution in [3.63, 3.8) is 0 Å². The molecule has 0 spiro atoms. The lowest BCUT2D eigenvalue weighted by Gasteiger charge is -2.24. The van der Waals surface area contributed by atoms with Gasteiger partial charge in [-0.25, -0.2) is 4.79 Å². The fourth-order valence-corrected chi connectivity index (χ4v) is 1.67. The maximum Gasteiger partial charge on any atom is 0.326 e. The summed E-state index contributed by atoms with van der Waals surface area (Å²) in [6.07, 6.45) is 1.92. The third-order valence-corrected chi connectivity index (χ3v) is 2.96. The Hall–Kier alpha value is -0.710. The van der Waals surface area contributed by atoms with E-state index in [9.17, 15) is 9.59 Å². The highest BCUT2D eigenvalue weighted by molar-refractivity contribution is 7.98. The Morgan fingerprint density at radius 2 is 1.93 bits per heavy atom. The van der Waals surface area contributed by atoms with Gasteiger partial charge in [-0.2, -0.15) is 11.8 Å². The van der Waals surface area contributed by atoms with Crippen LogP contribution in [0.5, 0.6) is 0 Å². The fraction of sp³-hybridized carbons (Fsp3) is 0.778. The molecule has 0 heterocycles. The maximum atomic E-state index is 11.6. The van der Waals surface area contributed by atoms with Crippen molar-refractivity contribution in [1.82, 2.24) is 4.90 Å². The lowest BCUT2D eigenvalue weighted by Crippen LogP contribution is -2.43. The molecule has 0 aliphatic heterocycles. The zero-order valence-corrected chi connectivity index (χ0v) is 9.80. The molecule has 1 N–H and O–H groups in total. The van der Waals surface area contributed by atoms with Gasteiger partial charge in [0.1, 0.15) is 6.04 Å². The van der Waals surface area contributed by atoms with Crippen LogP contribution in [-0.2, 0) is 9.59 Å². The summed E-state index contributed by atoms with van der Waals surface area (Å²) in [5.41, 5.74) is 0. The minimum absolute atomic E-state index is 0.116. The molecule has 5 heteroatoms. The van der Waals surface area contributed by atoms with Crippen molar-refractivity contribution < 1.29 is 14.7 Å².